The van der Waals surface area contributed by atoms with Crippen molar-refractivity contribution in [3.63, 3.8) is 0 Å². The van der Waals surface area contributed by atoms with Crippen LogP contribution in [-0.4, -0.2) is 29.3 Å². The van der Waals surface area contributed by atoms with E-state index in [4.69, 9.17) is 0 Å². The highest BCUT2D eigenvalue weighted by Crippen LogP contribution is 2.27. The number of carbonyl (C=O) groups is 1. The molecule has 0 aliphatic rings. The zero-order valence-electron chi connectivity index (χ0n) is 14.8. The zero-order chi connectivity index (χ0) is 17.8. The molecule has 0 saturated heterocycles. The molecule has 3 aromatic rings. The van der Waals surface area contributed by atoms with E-state index < -0.39 is 0 Å². The molecule has 0 fully saturated rings. The quantitative estimate of drug-likeness (QED) is 0.509. The van der Waals surface area contributed by atoms with E-state index in [9.17, 15) is 4.79 Å². The number of aromatic amines is 1. The molecule has 1 heterocycles. The van der Waals surface area contributed by atoms with E-state index in [1.165, 1.54) is 27.0 Å². The van der Waals surface area contributed by atoms with Crippen LogP contribution < -0.4 is 0 Å². The molecule has 0 aliphatic heterocycles. The van der Waals surface area contributed by atoms with Gasteiger partial charge in [-0.3, -0.25) is 9.79 Å². The molecule has 0 aliphatic carbocycles. The number of ketones is 1. The third kappa shape index (κ3) is 4.40. The van der Waals surface area contributed by atoms with Crippen LogP contribution in [0.3, 0.4) is 0 Å². The van der Waals surface area contributed by atoms with E-state index in [2.05, 4.69) is 42.9 Å². The number of Topliss-reactive ketones (excluding diaryl/α,β-unsaturated/α-hetero) is 1. The number of carbonyl (C=O) groups excluding carboxylic acids is 1. The Morgan fingerprint density at radius 3 is 2.64 bits per heavy atom. The monoisotopic (exact) mass is 350 g/mol. The van der Waals surface area contributed by atoms with Crippen LogP contribution in [-0.2, 0) is 4.79 Å². The molecule has 0 radical (unpaired) electrons. The Morgan fingerprint density at radius 1 is 1.12 bits per heavy atom. The minimum absolute atomic E-state index is 0.140. The molecule has 0 amide bonds. The van der Waals surface area contributed by atoms with Gasteiger partial charge in [-0.15, -0.1) is 11.8 Å². The Hall–Kier alpha value is -2.33. The van der Waals surface area contributed by atoms with Gasteiger partial charge < -0.3 is 4.98 Å². The van der Waals surface area contributed by atoms with Crippen LogP contribution in [0.4, 0.5) is 0 Å². The smallest absolute Gasteiger partial charge is 0.164 e. The highest BCUT2D eigenvalue weighted by Gasteiger charge is 2.08. The Kier molecular flexibility index (Phi) is 5.39. The fourth-order valence-corrected chi connectivity index (χ4v) is 3.96. The molecule has 1 aromatic heterocycles. The maximum absolute atomic E-state index is 12.1. The average Bonchev–Trinajstić information content (AvgIpc) is 3.01. The van der Waals surface area contributed by atoms with E-state index in [1.54, 1.807) is 18.0 Å². The number of fused-ring (bicyclic) bond motifs is 1. The van der Waals surface area contributed by atoms with Crippen molar-refractivity contribution in [2.45, 2.75) is 25.7 Å². The normalized spacial score (nSPS) is 11.5. The molecule has 0 atom stereocenters. The third-order valence-corrected chi connectivity index (χ3v) is 5.47. The summed E-state index contributed by atoms with van der Waals surface area (Å²) in [5.74, 6) is 0.596. The van der Waals surface area contributed by atoms with Crippen LogP contribution in [0, 0.1) is 20.8 Å². The second-order valence-electron chi connectivity index (χ2n) is 6.35. The number of aryl methyl sites for hydroxylation is 3. The van der Waals surface area contributed by atoms with Gasteiger partial charge in [0, 0.05) is 22.8 Å². The van der Waals surface area contributed by atoms with Crippen LogP contribution in [0.1, 0.15) is 22.3 Å². The van der Waals surface area contributed by atoms with E-state index >= 15 is 0 Å². The maximum Gasteiger partial charge on any atom is 0.164 e. The highest BCUT2D eigenvalue weighted by molar-refractivity contribution is 8.00. The number of aromatic nitrogens is 1. The van der Waals surface area contributed by atoms with Crippen LogP contribution in [0.5, 0.6) is 0 Å². The summed E-state index contributed by atoms with van der Waals surface area (Å²) in [6.45, 7) is 6.52. The van der Waals surface area contributed by atoms with Crippen LogP contribution in [0.15, 0.2) is 52.5 Å². The van der Waals surface area contributed by atoms with Crippen molar-refractivity contribution in [1.82, 2.24) is 4.98 Å². The summed E-state index contributed by atoms with van der Waals surface area (Å²) < 4.78 is 0. The number of hydrogen-bond donors (Lipinski definition) is 1. The topological polar surface area (TPSA) is 45.2 Å². The second kappa shape index (κ2) is 7.70. The molecule has 128 valence electrons. The van der Waals surface area contributed by atoms with Crippen molar-refractivity contribution in [2.24, 2.45) is 4.99 Å². The molecular weight excluding hydrogens is 328 g/mol. The maximum atomic E-state index is 12.1. The van der Waals surface area contributed by atoms with Gasteiger partial charge in [-0.05, 0) is 55.0 Å². The average molecular weight is 350 g/mol. The molecule has 25 heavy (non-hydrogen) atoms. The molecule has 2 aromatic carbocycles. The summed E-state index contributed by atoms with van der Waals surface area (Å²) >= 11 is 1.61. The summed E-state index contributed by atoms with van der Waals surface area (Å²) in [7, 11) is 0. The lowest BCUT2D eigenvalue weighted by Gasteiger charge is -2.10. The predicted octanol–water partition coefficient (Wildman–Crippen LogP) is 4.87. The number of nitrogens with one attached hydrogen (secondary N) is 1. The van der Waals surface area contributed by atoms with Gasteiger partial charge in [0.25, 0.3) is 0 Å². The molecule has 0 bridgehead atoms. The lowest BCUT2D eigenvalue weighted by Crippen LogP contribution is -2.06. The summed E-state index contributed by atoms with van der Waals surface area (Å²) in [4.78, 5) is 20.8. The van der Waals surface area contributed by atoms with Crippen molar-refractivity contribution in [2.75, 3.05) is 12.3 Å². The lowest BCUT2D eigenvalue weighted by atomic mass is 10.1. The molecule has 0 saturated carbocycles. The number of H-pyrrole nitrogens is 1. The molecular formula is C21H22N2OS. The van der Waals surface area contributed by atoms with E-state index in [0.29, 0.717) is 5.75 Å². The Bertz CT molecular complexity index is 917. The SMILES string of the molecule is Cc1cc(C)c(SCC(=O)CN=Cc2ccc3cc[nH]c3c2)c(C)c1. The molecule has 0 spiro atoms. The minimum atomic E-state index is 0.140. The molecule has 3 rings (SSSR count). The summed E-state index contributed by atoms with van der Waals surface area (Å²) in [5, 5.41) is 1.17. The first-order valence-corrected chi connectivity index (χ1v) is 9.31. The summed E-state index contributed by atoms with van der Waals surface area (Å²) in [5.41, 5.74) is 5.81. The third-order valence-electron chi connectivity index (χ3n) is 4.07. The van der Waals surface area contributed by atoms with Crippen molar-refractivity contribution < 1.29 is 4.79 Å². The first-order chi connectivity index (χ1) is 12.0. The number of aliphatic imine (C=N–C) groups is 1. The van der Waals surface area contributed by atoms with Crippen molar-refractivity contribution in [3.8, 4) is 0 Å². The first-order valence-electron chi connectivity index (χ1n) is 8.32. The van der Waals surface area contributed by atoms with E-state index in [-0.39, 0.29) is 12.3 Å². The second-order valence-corrected chi connectivity index (χ2v) is 7.33. The zero-order valence-corrected chi connectivity index (χ0v) is 15.6. The van der Waals surface area contributed by atoms with Crippen LogP contribution in [0.25, 0.3) is 10.9 Å². The number of nitrogens with zero attached hydrogens (tertiary/aromatic N) is 1. The van der Waals surface area contributed by atoms with Crippen LogP contribution in [0.2, 0.25) is 0 Å². The lowest BCUT2D eigenvalue weighted by molar-refractivity contribution is -0.115. The number of hydrogen-bond acceptors (Lipinski definition) is 3. The first kappa shape index (κ1) is 17.5. The van der Waals surface area contributed by atoms with Gasteiger partial charge in [0.15, 0.2) is 5.78 Å². The molecule has 3 nitrogen and oxygen atoms in total. The van der Waals surface area contributed by atoms with Gasteiger partial charge in [0.1, 0.15) is 0 Å². The molecule has 0 unspecified atom stereocenters. The van der Waals surface area contributed by atoms with Gasteiger partial charge in [-0.1, -0.05) is 29.8 Å². The van der Waals surface area contributed by atoms with Crippen LogP contribution >= 0.6 is 11.8 Å². The fraction of sp³-hybridized carbons (Fsp3) is 0.238. The number of rotatable bonds is 6. The molecule has 1 N–H and O–H groups in total. The van der Waals surface area contributed by atoms with Crippen molar-refractivity contribution in [1.29, 1.82) is 0 Å². The molecule has 4 heteroatoms. The summed E-state index contributed by atoms with van der Waals surface area (Å²) in [6.07, 6.45) is 3.69. The number of benzene rings is 2. The van der Waals surface area contributed by atoms with E-state index in [0.717, 1.165) is 11.1 Å². The Morgan fingerprint density at radius 2 is 1.88 bits per heavy atom. The Labute approximate surface area is 152 Å². The minimum Gasteiger partial charge on any atom is -0.361 e. The standard InChI is InChI=1S/C21H22N2OS/c1-14-8-15(2)21(16(3)9-14)25-13-19(24)12-22-11-17-4-5-18-6-7-23-20(18)10-17/h4-11,23H,12-13H2,1-3H3. The van der Waals surface area contributed by atoms with Crippen molar-refractivity contribution in [3.05, 3.63) is 64.8 Å². The Balaban J connectivity index is 1.56. The van der Waals surface area contributed by atoms with Gasteiger partial charge in [0.05, 0.1) is 12.3 Å². The number of thioether (sulfide) groups is 1. The highest BCUT2D eigenvalue weighted by atomic mass is 32.2. The van der Waals surface area contributed by atoms with E-state index in [1.807, 2.05) is 30.5 Å². The van der Waals surface area contributed by atoms with Gasteiger partial charge in [-0.25, -0.2) is 0 Å². The summed E-state index contributed by atoms with van der Waals surface area (Å²) in [6, 6.07) is 12.5. The predicted molar refractivity (Wildman–Crippen MR) is 107 cm³/mol. The van der Waals surface area contributed by atoms with Gasteiger partial charge in [0.2, 0.25) is 0 Å². The van der Waals surface area contributed by atoms with Gasteiger partial charge >= 0.3 is 0 Å². The van der Waals surface area contributed by atoms with Gasteiger partial charge in [-0.2, -0.15) is 0 Å². The largest absolute Gasteiger partial charge is 0.361 e. The fourth-order valence-electron chi connectivity index (χ4n) is 2.99. The van der Waals surface area contributed by atoms with Crippen molar-refractivity contribution >= 4 is 34.7 Å².